The van der Waals surface area contributed by atoms with Crippen LogP contribution in [0, 0.1) is 0 Å². The fourth-order valence-electron chi connectivity index (χ4n) is 0. The van der Waals surface area contributed by atoms with E-state index in [4.69, 9.17) is 13.3 Å². The molecule has 0 amide bonds. The summed E-state index contributed by atoms with van der Waals surface area (Å²) in [7, 11) is -3.83. The van der Waals surface area contributed by atoms with Crippen molar-refractivity contribution in [1.29, 1.82) is 0 Å². The summed E-state index contributed by atoms with van der Waals surface area (Å²) in [6, 6.07) is 0. The van der Waals surface area contributed by atoms with Gasteiger partial charge in [0, 0.05) is 11.2 Å². The normalized spacial score (nSPS) is 9.62. The first kappa shape index (κ1) is 12.0. The van der Waals surface area contributed by atoms with E-state index in [9.17, 15) is 0 Å². The minimum atomic E-state index is -3.83. The summed E-state index contributed by atoms with van der Waals surface area (Å²) < 4.78 is 25.3. The first-order chi connectivity index (χ1) is 3.41. The average Bonchev–Trinajstić information content (AvgIpc) is 1.27. The second-order valence-corrected chi connectivity index (χ2v) is 4.77. The largest absolute Gasteiger partial charge is 0.285 e. The molecule has 6 heteroatoms. The smallest absolute Gasteiger partial charge is 0.263 e. The molecule has 0 bridgehead atoms. The predicted octanol–water partition coefficient (Wildman–Crippen LogP) is 0.272. The van der Waals surface area contributed by atoms with Crippen LogP contribution < -0.4 is 0 Å². The van der Waals surface area contributed by atoms with Crippen LogP contribution in [0.5, 0.6) is 0 Å². The molecule has 0 atom stereocenters. The van der Waals surface area contributed by atoms with Gasteiger partial charge in [0.1, 0.15) is 0 Å². The van der Waals surface area contributed by atoms with Crippen LogP contribution in [0.1, 0.15) is 6.92 Å². The molecule has 0 aliphatic rings. The van der Waals surface area contributed by atoms with E-state index in [1.165, 1.54) is 31.6 Å². The first-order valence-electron chi connectivity index (χ1n) is 2.11. The summed E-state index contributed by atoms with van der Waals surface area (Å²) in [4.78, 5) is 0. The van der Waals surface area contributed by atoms with Crippen molar-refractivity contribution in [2.45, 2.75) is 10.6 Å². The molecule has 0 saturated carbocycles. The Hall–Kier alpha value is 1.29. The molecule has 0 fully saturated rings. The Kier molecular flexibility index (Phi) is 9.63. The van der Waals surface area contributed by atoms with Gasteiger partial charge in [0.15, 0.2) is 0 Å². The van der Waals surface area contributed by atoms with Gasteiger partial charge in [-0.2, -0.15) is 4.21 Å². The van der Waals surface area contributed by atoms with E-state index in [2.05, 4.69) is 18.1 Å². The van der Waals surface area contributed by atoms with Crippen LogP contribution in [0.3, 0.4) is 0 Å². The fraction of sp³-hybridized carbons (Fsp3) is 1.00. The van der Waals surface area contributed by atoms with Crippen molar-refractivity contribution in [3.8, 4) is 0 Å². The molecular formula is C2H7NaO3S2. The number of rotatable bonds is 0. The molecule has 0 aromatic heterocycles. The van der Waals surface area contributed by atoms with Crippen LogP contribution in [0.15, 0.2) is 0 Å². The average molecular weight is 166 g/mol. The van der Waals surface area contributed by atoms with Crippen molar-refractivity contribution in [2.75, 3.05) is 0 Å². The van der Waals surface area contributed by atoms with Gasteiger partial charge in [0.2, 0.25) is 0 Å². The van der Waals surface area contributed by atoms with Crippen molar-refractivity contribution in [1.82, 2.24) is 0 Å². The second kappa shape index (κ2) is 6.41. The van der Waals surface area contributed by atoms with Crippen molar-refractivity contribution >= 4 is 48.2 Å². The van der Waals surface area contributed by atoms with Gasteiger partial charge in [-0.15, -0.1) is 0 Å². The zero-order valence-electron chi connectivity index (χ0n) is 4.83. The molecule has 0 rings (SSSR count). The monoisotopic (exact) mass is 166 g/mol. The summed E-state index contributed by atoms with van der Waals surface area (Å²) >= 11 is 4.83. The summed E-state index contributed by atoms with van der Waals surface area (Å²) in [6.45, 7) is 2.19. The zero-order chi connectivity index (χ0) is 7.21. The Labute approximate surface area is 71.6 Å². The van der Waals surface area contributed by atoms with Crippen LogP contribution in [-0.4, -0.2) is 41.2 Å². The Balaban J connectivity index is 0. The van der Waals surface area contributed by atoms with E-state index in [1.54, 1.807) is 0 Å². The third kappa shape index (κ3) is 173. The maximum atomic E-state index is 9.11. The minimum Gasteiger partial charge on any atom is -0.285 e. The van der Waals surface area contributed by atoms with Gasteiger partial charge in [-0.05, 0) is 0 Å². The van der Waals surface area contributed by atoms with Crippen LogP contribution in [-0.2, 0) is 20.2 Å². The molecule has 0 aliphatic carbocycles. The standard InChI is InChI=1S/C2H5.Na.H2O3S2/c1-2;;1-5(2,3)4/h1H2,2H3;;(H2,1,2,3,4). The molecule has 46 valence electrons. The van der Waals surface area contributed by atoms with E-state index >= 15 is 0 Å². The van der Waals surface area contributed by atoms with Gasteiger partial charge in [-0.25, -0.2) is 0 Å². The zero-order valence-corrected chi connectivity index (χ0v) is 8.46. The quantitative estimate of drug-likeness (QED) is 0.507. The number of hydrogen-bond acceptors (Lipinski definition) is 2. The van der Waals surface area contributed by atoms with Crippen molar-refractivity contribution < 1.29 is 13.3 Å². The van der Waals surface area contributed by atoms with E-state index < -0.39 is 9.05 Å². The van der Waals surface area contributed by atoms with Gasteiger partial charge >= 0.3 is 38.5 Å². The van der Waals surface area contributed by atoms with Crippen LogP contribution in [0.4, 0.5) is 0 Å². The Morgan fingerprint density at radius 2 is 1.75 bits per heavy atom. The third-order valence-electron chi connectivity index (χ3n) is 0. The molecule has 0 spiro atoms. The Bertz CT molecular complexity index is 109. The van der Waals surface area contributed by atoms with Gasteiger partial charge in [-0.3, -0.25) is 9.11 Å². The molecule has 0 aromatic rings. The van der Waals surface area contributed by atoms with Gasteiger partial charge in [-0.1, -0.05) is 0 Å². The maximum absolute atomic E-state index is 9.11. The summed E-state index contributed by atoms with van der Waals surface area (Å²) in [5.41, 5.74) is 0. The van der Waals surface area contributed by atoms with E-state index in [0.29, 0.717) is 0 Å². The fourth-order valence-corrected chi connectivity index (χ4v) is 0. The van der Waals surface area contributed by atoms with Crippen LogP contribution in [0.2, 0.25) is 3.67 Å². The maximum Gasteiger partial charge on any atom is 0.263 e. The van der Waals surface area contributed by atoms with Crippen molar-refractivity contribution in [3.63, 3.8) is 0 Å². The van der Waals surface area contributed by atoms with Crippen molar-refractivity contribution in [3.05, 3.63) is 0 Å². The molecule has 0 saturated heterocycles. The van der Waals surface area contributed by atoms with Gasteiger partial charge < -0.3 is 0 Å². The molecule has 3 nitrogen and oxygen atoms in total. The van der Waals surface area contributed by atoms with Gasteiger partial charge in [0.05, 0.1) is 0 Å². The SMILES string of the molecule is C[CH2][Na].O=S(O)(O)=S. The molecule has 0 aromatic carbocycles. The molecule has 0 heterocycles. The van der Waals surface area contributed by atoms with Gasteiger partial charge in [0.25, 0.3) is 9.05 Å². The molecule has 0 aliphatic heterocycles. The predicted molar refractivity (Wildman–Crippen MR) is 37.0 cm³/mol. The summed E-state index contributed by atoms with van der Waals surface area (Å²) in [5, 5.41) is 0. The summed E-state index contributed by atoms with van der Waals surface area (Å²) in [6.07, 6.45) is 0. The molecule has 0 unspecified atom stereocenters. The molecule has 2 N–H and O–H groups in total. The second-order valence-electron chi connectivity index (χ2n) is 1.15. The van der Waals surface area contributed by atoms with Crippen LogP contribution in [0.25, 0.3) is 0 Å². The minimum absolute atomic E-state index is 1.37. The van der Waals surface area contributed by atoms with Crippen LogP contribution >= 0.6 is 0 Å². The Morgan fingerprint density at radius 1 is 1.75 bits per heavy atom. The molecular weight excluding hydrogens is 159 g/mol. The van der Waals surface area contributed by atoms with Crippen molar-refractivity contribution in [2.24, 2.45) is 0 Å². The molecule has 0 radical (unpaired) electrons. The van der Waals surface area contributed by atoms with E-state index in [-0.39, 0.29) is 0 Å². The number of hydrogen-bond donors (Lipinski definition) is 2. The van der Waals surface area contributed by atoms with E-state index in [1.807, 2.05) is 0 Å². The summed E-state index contributed by atoms with van der Waals surface area (Å²) in [5.74, 6) is 0. The Morgan fingerprint density at radius 3 is 1.75 bits per heavy atom. The van der Waals surface area contributed by atoms with E-state index in [0.717, 1.165) is 0 Å². The molecule has 8 heavy (non-hydrogen) atoms. The first-order valence-corrected chi connectivity index (χ1v) is 5.92. The third-order valence-corrected chi connectivity index (χ3v) is 0. The topological polar surface area (TPSA) is 57.5 Å².